The van der Waals surface area contributed by atoms with Gasteiger partial charge in [-0.2, -0.15) is 0 Å². The van der Waals surface area contributed by atoms with E-state index in [-0.39, 0.29) is 11.6 Å². The fraction of sp³-hybridized carbons (Fsp3) is 0.235. The minimum atomic E-state index is -0.656. The Bertz CT molecular complexity index is 768. The van der Waals surface area contributed by atoms with Gasteiger partial charge in [-0.05, 0) is 31.0 Å². The van der Waals surface area contributed by atoms with Gasteiger partial charge in [0, 0.05) is 6.07 Å². The quantitative estimate of drug-likeness (QED) is 0.683. The third kappa shape index (κ3) is 2.06. The Morgan fingerprint density at radius 3 is 2.32 bits per heavy atom. The average molecular weight is 296 g/mol. The molecular formula is C17H16N2O3. The van der Waals surface area contributed by atoms with Crippen molar-refractivity contribution in [2.45, 2.75) is 25.3 Å². The second-order valence-electron chi connectivity index (χ2n) is 5.93. The summed E-state index contributed by atoms with van der Waals surface area (Å²) >= 11 is 0. The van der Waals surface area contributed by atoms with E-state index in [0.29, 0.717) is 5.56 Å². The van der Waals surface area contributed by atoms with Crippen LogP contribution in [0.3, 0.4) is 0 Å². The number of nitrogens with one attached hydrogen (secondary N) is 1. The summed E-state index contributed by atoms with van der Waals surface area (Å²) in [4.78, 5) is 23.3. The first-order chi connectivity index (χ1) is 10.4. The Morgan fingerprint density at radius 2 is 1.64 bits per heavy atom. The number of carbonyl (C=O) groups excluding carboxylic acids is 1. The summed E-state index contributed by atoms with van der Waals surface area (Å²) in [7, 11) is 0. The van der Waals surface area contributed by atoms with Crippen LogP contribution in [0.25, 0.3) is 0 Å². The van der Waals surface area contributed by atoms with Gasteiger partial charge in [0.1, 0.15) is 0 Å². The van der Waals surface area contributed by atoms with Crippen LogP contribution in [0.15, 0.2) is 48.5 Å². The van der Waals surface area contributed by atoms with E-state index >= 15 is 0 Å². The molecule has 0 aromatic heterocycles. The first-order valence-electron chi connectivity index (χ1n) is 7.06. The minimum absolute atomic E-state index is 0.0160. The maximum Gasteiger partial charge on any atom is 0.275 e. The van der Waals surface area contributed by atoms with Crippen molar-refractivity contribution >= 4 is 11.6 Å². The van der Waals surface area contributed by atoms with Crippen molar-refractivity contribution in [3.8, 4) is 0 Å². The predicted molar refractivity (Wildman–Crippen MR) is 82.6 cm³/mol. The molecular weight excluding hydrogens is 280 g/mol. The third-order valence-corrected chi connectivity index (χ3v) is 4.23. The molecule has 0 fully saturated rings. The molecule has 0 saturated carbocycles. The topological polar surface area (TPSA) is 72.2 Å². The fourth-order valence-corrected chi connectivity index (χ4v) is 2.97. The van der Waals surface area contributed by atoms with Crippen molar-refractivity contribution in [2.75, 3.05) is 0 Å². The number of fused-ring (bicyclic) bond motifs is 1. The number of nitro benzene ring substituents is 1. The van der Waals surface area contributed by atoms with E-state index in [2.05, 4.69) is 5.32 Å². The zero-order valence-corrected chi connectivity index (χ0v) is 12.4. The second-order valence-corrected chi connectivity index (χ2v) is 5.93. The van der Waals surface area contributed by atoms with E-state index < -0.39 is 16.4 Å². The van der Waals surface area contributed by atoms with Crippen LogP contribution in [-0.2, 0) is 10.2 Å². The van der Waals surface area contributed by atoms with Gasteiger partial charge in [-0.1, -0.05) is 36.4 Å². The molecule has 0 radical (unpaired) electrons. The van der Waals surface area contributed by atoms with Crippen LogP contribution >= 0.6 is 0 Å². The first kappa shape index (κ1) is 14.3. The van der Waals surface area contributed by atoms with Crippen molar-refractivity contribution in [3.63, 3.8) is 0 Å². The largest absolute Gasteiger partial charge is 0.344 e. The van der Waals surface area contributed by atoms with Crippen LogP contribution in [0.2, 0.25) is 0 Å². The van der Waals surface area contributed by atoms with Gasteiger partial charge in [-0.15, -0.1) is 0 Å². The molecule has 0 aliphatic carbocycles. The summed E-state index contributed by atoms with van der Waals surface area (Å²) in [6, 6.07) is 13.6. The van der Waals surface area contributed by atoms with Gasteiger partial charge in [0.05, 0.1) is 21.9 Å². The van der Waals surface area contributed by atoms with Gasteiger partial charge >= 0.3 is 0 Å². The molecule has 2 aromatic carbocycles. The second kappa shape index (κ2) is 4.94. The van der Waals surface area contributed by atoms with E-state index in [1.54, 1.807) is 18.2 Å². The van der Waals surface area contributed by atoms with Crippen molar-refractivity contribution < 1.29 is 9.72 Å². The van der Waals surface area contributed by atoms with Crippen molar-refractivity contribution in [3.05, 3.63) is 75.3 Å². The fourth-order valence-electron chi connectivity index (χ4n) is 2.97. The number of hydrogen-bond acceptors (Lipinski definition) is 3. The Morgan fingerprint density at radius 1 is 1.05 bits per heavy atom. The molecule has 0 spiro atoms. The number of carbonyl (C=O) groups is 1. The molecule has 1 heterocycles. The summed E-state index contributed by atoms with van der Waals surface area (Å²) in [5.41, 5.74) is 1.67. The number of nitrogens with zero attached hydrogens (tertiary/aromatic N) is 1. The lowest BCUT2D eigenvalue weighted by Gasteiger charge is -2.36. The Balaban J connectivity index is 2.22. The van der Waals surface area contributed by atoms with Crippen LogP contribution in [0.1, 0.15) is 36.6 Å². The lowest BCUT2D eigenvalue weighted by molar-refractivity contribution is -0.385. The molecule has 5 nitrogen and oxygen atoms in total. The van der Waals surface area contributed by atoms with Crippen LogP contribution in [0.5, 0.6) is 0 Å². The van der Waals surface area contributed by atoms with Gasteiger partial charge in [0.25, 0.3) is 5.69 Å². The molecule has 1 N–H and O–H groups in total. The van der Waals surface area contributed by atoms with Crippen LogP contribution in [0, 0.1) is 10.1 Å². The Hall–Kier alpha value is -2.69. The average Bonchev–Trinajstić information content (AvgIpc) is 2.51. The molecule has 5 heteroatoms. The number of rotatable bonds is 2. The van der Waals surface area contributed by atoms with Crippen LogP contribution in [-0.4, -0.2) is 10.8 Å². The highest BCUT2D eigenvalue weighted by molar-refractivity contribution is 5.90. The van der Waals surface area contributed by atoms with Gasteiger partial charge in [-0.3, -0.25) is 14.9 Å². The predicted octanol–water partition coefficient (Wildman–Crippen LogP) is 3.09. The van der Waals surface area contributed by atoms with Crippen LogP contribution < -0.4 is 5.32 Å². The summed E-state index contributed by atoms with van der Waals surface area (Å²) in [6.07, 6.45) is 0. The minimum Gasteiger partial charge on any atom is -0.344 e. The molecule has 0 saturated heterocycles. The summed E-state index contributed by atoms with van der Waals surface area (Å²) in [5.74, 6) is -0.130. The van der Waals surface area contributed by atoms with E-state index in [4.69, 9.17) is 0 Å². The number of hydrogen-bond donors (Lipinski definition) is 1. The number of amides is 1. The molecule has 0 bridgehead atoms. The van der Waals surface area contributed by atoms with E-state index in [0.717, 1.165) is 11.1 Å². The zero-order valence-electron chi connectivity index (χ0n) is 12.4. The molecule has 2 aromatic rings. The molecule has 1 aliphatic heterocycles. The lowest BCUT2D eigenvalue weighted by Crippen LogP contribution is -2.47. The molecule has 3 rings (SSSR count). The zero-order chi connectivity index (χ0) is 15.9. The summed E-state index contributed by atoms with van der Waals surface area (Å²) in [6.45, 7) is 3.72. The summed E-state index contributed by atoms with van der Waals surface area (Å²) in [5, 5.41) is 14.2. The molecule has 112 valence electrons. The Kier molecular flexibility index (Phi) is 3.20. The molecule has 1 unspecified atom stereocenters. The van der Waals surface area contributed by atoms with Gasteiger partial charge in [-0.25, -0.2) is 0 Å². The molecule has 1 amide bonds. The van der Waals surface area contributed by atoms with E-state index in [1.807, 2.05) is 38.1 Å². The molecule has 22 heavy (non-hydrogen) atoms. The highest BCUT2D eigenvalue weighted by Crippen LogP contribution is 2.40. The first-order valence-corrected chi connectivity index (χ1v) is 7.06. The Labute approximate surface area is 128 Å². The number of nitro groups is 1. The van der Waals surface area contributed by atoms with Crippen molar-refractivity contribution in [2.24, 2.45) is 0 Å². The van der Waals surface area contributed by atoms with Gasteiger partial charge in [0.15, 0.2) is 0 Å². The maximum atomic E-state index is 12.5. The maximum absolute atomic E-state index is 12.5. The van der Waals surface area contributed by atoms with E-state index in [1.165, 1.54) is 6.07 Å². The van der Waals surface area contributed by atoms with Crippen molar-refractivity contribution in [1.82, 2.24) is 5.32 Å². The number of para-hydroxylation sites is 1. The van der Waals surface area contributed by atoms with Gasteiger partial charge in [0.2, 0.25) is 5.91 Å². The van der Waals surface area contributed by atoms with Crippen molar-refractivity contribution in [1.29, 1.82) is 0 Å². The smallest absolute Gasteiger partial charge is 0.275 e. The third-order valence-electron chi connectivity index (χ3n) is 4.23. The highest BCUT2D eigenvalue weighted by atomic mass is 16.6. The SMILES string of the molecule is CC1(C)C(=O)NC(c2ccccc2[N+](=O)[O-])c2ccccc21. The van der Waals surface area contributed by atoms with Gasteiger partial charge < -0.3 is 5.32 Å². The monoisotopic (exact) mass is 296 g/mol. The van der Waals surface area contributed by atoms with E-state index in [9.17, 15) is 14.9 Å². The highest BCUT2D eigenvalue weighted by Gasteiger charge is 2.41. The standard InChI is InChI=1S/C17H16N2O3/c1-17(2)13-9-5-3-7-11(13)15(18-16(17)20)12-8-4-6-10-14(12)19(21)22/h3-10,15H,1-2H3,(H,18,20). The molecule has 1 aliphatic rings. The lowest BCUT2D eigenvalue weighted by atomic mass is 9.74. The normalized spacial score (nSPS) is 19.2. The summed E-state index contributed by atoms with van der Waals surface area (Å²) < 4.78 is 0. The molecule has 1 atom stereocenters. The number of benzene rings is 2. The van der Waals surface area contributed by atoms with Crippen LogP contribution in [0.4, 0.5) is 5.69 Å².